The number of carboxylic acid groups (broad SMARTS) is 1. The van der Waals surface area contributed by atoms with Crippen molar-refractivity contribution < 1.29 is 115 Å². The number of halogens is 2. The number of ether oxygens (including phenoxy) is 3. The molecule has 11 aliphatic rings. The minimum absolute atomic E-state index is 0.0287. The maximum atomic E-state index is 17.3. The Morgan fingerprint density at radius 3 is 1.38 bits per heavy atom. The third kappa shape index (κ3) is 21.5. The lowest BCUT2D eigenvalue weighted by molar-refractivity contribution is -0.219. The van der Waals surface area contributed by atoms with Crippen LogP contribution in [-0.4, -0.2) is 200 Å². The zero-order valence-electron chi connectivity index (χ0n) is 65.7. The molecule has 11 rings (SSSR count). The highest BCUT2D eigenvalue weighted by Crippen LogP contribution is 2.73. The second kappa shape index (κ2) is 40.7. The Morgan fingerprint density at radius 1 is 0.562 bits per heavy atom. The number of hydrogen-bond acceptors (Lipinski definition) is 21. The number of allylic oxidation sites excluding steroid dienone is 8. The van der Waals surface area contributed by atoms with E-state index in [1.54, 1.807) is 47.6 Å². The lowest BCUT2D eigenvalue weighted by Crippen LogP contribution is -2.69. The number of rotatable bonds is 25. The average Bonchev–Trinajstić information content (AvgIpc) is 1.43. The van der Waals surface area contributed by atoms with Crippen molar-refractivity contribution in [2.45, 2.75) is 255 Å². The molecule has 27 nitrogen and oxygen atoms in total. The molecule has 0 aromatic rings. The highest BCUT2D eigenvalue weighted by molar-refractivity contribution is 7.50. The van der Waals surface area contributed by atoms with Gasteiger partial charge in [-0.15, -0.1) is 17.8 Å². The monoisotopic (exact) mass is 1620 g/mol. The second-order valence-corrected chi connectivity index (χ2v) is 35.4. The van der Waals surface area contributed by atoms with Crippen LogP contribution in [0.3, 0.4) is 0 Å². The van der Waals surface area contributed by atoms with E-state index in [0.29, 0.717) is 75.9 Å². The molecule has 112 heavy (non-hydrogen) atoms. The Kier molecular flexibility index (Phi) is 34.0. The summed E-state index contributed by atoms with van der Waals surface area (Å²) in [6, 6.07) is 0. The SMILES string of the molecule is C[C@@H]1C[C@H]2[C@@H]3CCC4=CC(=O)C=C[C@]4(C)[C@@]3(F)[C@@H](O)C[C@]2(C)[C@@]1(O)C(=O)COP(=O)(O)NCCCC(=O)COC1C#CCCCCC1.C[C@@H]1C[C@H]2[C@@H]3CCC4=CC(=O)C=C[C@]4(C)[C@@]3(F)[C@@H](O)C[C@]2(C)[C@@]1(O)C(=O)COP(=O)(O)O.NCCN.NCCNC(=O)COC1C#CCCCCC1.O=C(O)COC1C#CCCCCC1. The molecular formula is C81H121F2N5O22P2. The van der Waals surface area contributed by atoms with Crippen molar-refractivity contribution in [3.8, 4) is 35.5 Å². The first-order chi connectivity index (χ1) is 52.7. The van der Waals surface area contributed by atoms with Crippen molar-refractivity contribution in [1.82, 2.24) is 10.4 Å². The molecular weight excluding hydrogens is 1490 g/mol. The van der Waals surface area contributed by atoms with Crippen molar-refractivity contribution in [3.63, 3.8) is 0 Å². The number of carbonyl (C=O) groups excluding carboxylic acids is 6. The Balaban J connectivity index is 0.000000228. The van der Waals surface area contributed by atoms with Gasteiger partial charge in [0.2, 0.25) is 5.91 Å². The third-order valence-electron chi connectivity index (χ3n) is 25.5. The summed E-state index contributed by atoms with van der Waals surface area (Å²) in [5, 5.41) is 59.8. The number of alkyl halides is 2. The van der Waals surface area contributed by atoms with Crippen molar-refractivity contribution in [3.05, 3.63) is 47.6 Å². The normalized spacial score (nSPS) is 36.6. The first-order valence-electron chi connectivity index (χ1n) is 39.7. The van der Waals surface area contributed by atoms with Gasteiger partial charge in [-0.05, 0) is 177 Å². The van der Waals surface area contributed by atoms with E-state index >= 15 is 8.78 Å². The number of phosphoric ester groups is 1. The Morgan fingerprint density at radius 2 is 0.973 bits per heavy atom. The van der Waals surface area contributed by atoms with Gasteiger partial charge in [-0.25, -0.2) is 27.8 Å². The van der Waals surface area contributed by atoms with Gasteiger partial charge in [-0.3, -0.25) is 37.8 Å². The number of aliphatic hydroxyl groups excluding tert-OH is 2. The van der Waals surface area contributed by atoms with Crippen LogP contribution in [0.25, 0.3) is 0 Å². The number of fused-ring (bicyclic) bond motifs is 10. The van der Waals surface area contributed by atoms with Gasteiger partial charge in [0.15, 0.2) is 40.3 Å². The van der Waals surface area contributed by atoms with E-state index < -0.39 is 138 Å². The fourth-order valence-corrected chi connectivity index (χ4v) is 20.6. The van der Waals surface area contributed by atoms with Crippen LogP contribution in [0.5, 0.6) is 0 Å². The van der Waals surface area contributed by atoms with Crippen LogP contribution in [-0.2, 0) is 65.9 Å². The zero-order chi connectivity index (χ0) is 82.7. The number of nitrogens with one attached hydrogen (secondary N) is 2. The molecule has 1 amide bonds. The smallest absolute Gasteiger partial charge is 0.470 e. The number of aliphatic hydroxyl groups is 4. The van der Waals surface area contributed by atoms with Crippen molar-refractivity contribution in [2.75, 3.05) is 65.8 Å². The van der Waals surface area contributed by atoms with E-state index in [1.807, 2.05) is 0 Å². The van der Waals surface area contributed by atoms with Crippen molar-refractivity contribution in [2.24, 2.45) is 74.4 Å². The van der Waals surface area contributed by atoms with E-state index in [9.17, 15) is 68.0 Å². The number of hydrogen-bond donors (Lipinski definition) is 13. The molecule has 0 radical (unpaired) electrons. The van der Waals surface area contributed by atoms with E-state index in [2.05, 4.69) is 50.5 Å². The van der Waals surface area contributed by atoms with Crippen molar-refractivity contribution in [1.29, 1.82) is 0 Å². The third-order valence-corrected chi connectivity index (χ3v) is 27.0. The van der Waals surface area contributed by atoms with Gasteiger partial charge in [0, 0.05) is 91.9 Å². The summed E-state index contributed by atoms with van der Waals surface area (Å²) in [5.74, 6) is 11.3. The standard InChI is InChI=1S/C35H49FNO9P.C22H30FO8P.C12H20N2O2.C10H14O3.C2H8N2/c1-23-18-29-28-14-13-24-19-25(38)15-16-32(24,2)34(28,36)30(40)20-33(29,3)35(23,42)31(41)22-46-47(43,44)37-17-9-10-26(39)21-45-27-11-7-5-4-6-8-12-27;1-12-8-16-15-5-4-13-9-14(24)6-7-19(13,2)21(15,23)17(25)10-20(16,3)22(12,27)18(26)11-31-32(28,29)30;13-8-9-14-12(15)10-16-11-6-4-2-1-3-5-7-11;11-10(12)8-13-9-6-4-2-1-3-5-7-9;3-1-2-4/h15-16,19,23,27-30,40,42H,4-7,9-11,13-14,17-18,20-22H2,1-3H3,(H2,37,43,44);6-7,9,12,15-17,25,27H,4-5,8,10-11H2,1-3H3,(H2,28,29,30);11H,1-4,6,8-10,13H2,(H,14,15);9H,1-4,6,8H2,(H,11,12);1-4H2/t23-,27?,28+,29+,30+,32+,33+,34+,35+;12-,15+,16+,17+,19+,20+,21+,22+;;;/m11.../s1. The minimum atomic E-state index is -4.93. The van der Waals surface area contributed by atoms with E-state index in [1.165, 1.54) is 49.6 Å². The van der Waals surface area contributed by atoms with Gasteiger partial charge in [-0.1, -0.05) is 88.0 Å². The summed E-state index contributed by atoms with van der Waals surface area (Å²) >= 11 is 0. The summed E-state index contributed by atoms with van der Waals surface area (Å²) in [5.41, 5.74) is 3.27. The number of ketones is 5. The molecule has 11 aliphatic carbocycles. The molecule has 0 spiro atoms. The van der Waals surface area contributed by atoms with Crippen LogP contribution in [0.4, 0.5) is 8.78 Å². The molecule has 6 fully saturated rings. The lowest BCUT2D eigenvalue weighted by atomic mass is 9.44. The molecule has 4 unspecified atom stereocenters. The van der Waals surface area contributed by atoms with Crippen LogP contribution >= 0.6 is 15.6 Å². The van der Waals surface area contributed by atoms with Gasteiger partial charge in [0.05, 0.1) is 12.2 Å². The maximum Gasteiger partial charge on any atom is 0.470 e. The Labute approximate surface area is 657 Å². The molecule has 0 saturated heterocycles. The van der Waals surface area contributed by atoms with E-state index in [0.717, 1.165) is 77.0 Å². The predicted octanol–water partition coefficient (Wildman–Crippen LogP) is 7.07. The summed E-state index contributed by atoms with van der Waals surface area (Å²) in [6.45, 7) is 10.1. The Bertz CT molecular complexity index is 3780. The largest absolute Gasteiger partial charge is 0.480 e. The number of phosphoric acid groups is 1. The van der Waals surface area contributed by atoms with Crippen LogP contribution in [0.1, 0.15) is 202 Å². The zero-order valence-corrected chi connectivity index (χ0v) is 67.5. The molecule has 0 aromatic heterocycles. The maximum absolute atomic E-state index is 17.3. The Hall–Kier alpha value is -5.39. The molecule has 626 valence electrons. The van der Waals surface area contributed by atoms with Crippen LogP contribution in [0, 0.1) is 92.7 Å². The fourth-order valence-electron chi connectivity index (χ4n) is 19.5. The number of carboxylic acids is 1. The lowest BCUT2D eigenvalue weighted by Gasteiger charge is -2.62. The molecule has 20 atom stereocenters. The molecule has 31 heteroatoms. The minimum Gasteiger partial charge on any atom is -0.480 e. The van der Waals surface area contributed by atoms with Gasteiger partial charge in [0.1, 0.15) is 62.5 Å². The molecule has 16 N–H and O–H groups in total. The molecule has 0 aliphatic heterocycles. The second-order valence-electron chi connectivity index (χ2n) is 32.6. The summed E-state index contributed by atoms with van der Waals surface area (Å²) in [4.78, 5) is 113. The first kappa shape index (κ1) is 93.8. The summed E-state index contributed by atoms with van der Waals surface area (Å²) < 4.78 is 83.9. The van der Waals surface area contributed by atoms with Crippen LogP contribution in [0.2, 0.25) is 0 Å². The number of carbonyl (C=O) groups is 7. The highest BCUT2D eigenvalue weighted by Gasteiger charge is 2.77. The number of amides is 1. The van der Waals surface area contributed by atoms with Gasteiger partial charge >= 0.3 is 21.5 Å². The van der Waals surface area contributed by atoms with E-state index in [4.69, 9.17) is 50.8 Å². The fraction of sp³-hybridized carbons (Fsp3) is 0.741. The number of Topliss-reactive ketones (excluding diaryl/α,β-unsaturated/α-hetero) is 3. The quantitative estimate of drug-likeness (QED) is 0.0247. The molecule has 0 aromatic carbocycles. The van der Waals surface area contributed by atoms with Crippen LogP contribution in [0.15, 0.2) is 47.6 Å². The van der Waals surface area contributed by atoms with Gasteiger partial charge < -0.3 is 76.9 Å². The highest BCUT2D eigenvalue weighted by atomic mass is 31.2. The predicted molar refractivity (Wildman–Crippen MR) is 411 cm³/mol. The van der Waals surface area contributed by atoms with Gasteiger partial charge in [0.25, 0.3) is 0 Å². The summed E-state index contributed by atoms with van der Waals surface area (Å²) in [6.07, 6.45) is 22.6. The van der Waals surface area contributed by atoms with Crippen molar-refractivity contribution >= 4 is 56.4 Å². The number of aliphatic carboxylic acids is 1. The van der Waals surface area contributed by atoms with Gasteiger partial charge in [-0.2, -0.15) is 0 Å². The topological polar surface area (TPSA) is 464 Å². The first-order valence-corrected chi connectivity index (χ1v) is 42.8. The molecule has 0 heterocycles. The van der Waals surface area contributed by atoms with E-state index in [-0.39, 0.29) is 93.6 Å². The number of nitrogens with two attached hydrogens (primary N) is 3. The summed E-state index contributed by atoms with van der Waals surface area (Å²) in [7, 11) is -9.40. The average molecular weight is 1620 g/mol. The van der Waals surface area contributed by atoms with Crippen LogP contribution < -0.4 is 27.6 Å². The molecule has 6 saturated carbocycles. The molecule has 0 bridgehead atoms.